The molecule has 0 aliphatic heterocycles. The van der Waals surface area contributed by atoms with Gasteiger partial charge in [0, 0.05) is 0 Å². The predicted octanol–water partition coefficient (Wildman–Crippen LogP) is 3.60. The number of hydrogen-bond donors (Lipinski definition) is 1. The Morgan fingerprint density at radius 3 is 2.41 bits per heavy atom. The van der Waals surface area contributed by atoms with Crippen molar-refractivity contribution in [1.82, 2.24) is 15.4 Å². The monoisotopic (exact) mass is 385 g/mol. The molecule has 3 rings (SSSR count). The van der Waals surface area contributed by atoms with Gasteiger partial charge in [-0.25, -0.2) is 9.89 Å². The van der Waals surface area contributed by atoms with E-state index in [1.54, 1.807) is 12.1 Å². The molecule has 1 fully saturated rings. The van der Waals surface area contributed by atoms with Crippen molar-refractivity contribution in [3.8, 4) is 11.6 Å². The molecular formula is C17H18F3N3O4. The van der Waals surface area contributed by atoms with Crippen molar-refractivity contribution < 1.29 is 32.2 Å². The number of esters is 1. The second-order valence-corrected chi connectivity index (χ2v) is 6.19. The van der Waals surface area contributed by atoms with Crippen molar-refractivity contribution in [2.45, 2.75) is 44.1 Å². The lowest BCUT2D eigenvalue weighted by Gasteiger charge is -2.28. The van der Waals surface area contributed by atoms with Crippen molar-refractivity contribution in [2.24, 2.45) is 0 Å². The van der Waals surface area contributed by atoms with Crippen LogP contribution in [0.15, 0.2) is 24.3 Å². The first-order chi connectivity index (χ1) is 12.9. The molecule has 10 heteroatoms. The Balaban J connectivity index is 1.55. The third kappa shape index (κ3) is 4.89. The first-order valence-electron chi connectivity index (χ1n) is 8.37. The Hall–Kier alpha value is -2.78. The second kappa shape index (κ2) is 7.85. The molecule has 1 heterocycles. The summed E-state index contributed by atoms with van der Waals surface area (Å²) in [6.45, 7) is 0. The Morgan fingerprint density at radius 2 is 1.81 bits per heavy atom. The highest BCUT2D eigenvalue weighted by Gasteiger charge is 2.31. The molecule has 146 valence electrons. The molecule has 0 saturated heterocycles. The summed E-state index contributed by atoms with van der Waals surface area (Å²) in [6.07, 6.45) is -1.77. The van der Waals surface area contributed by atoms with Crippen LogP contribution in [0.1, 0.15) is 47.7 Å². The van der Waals surface area contributed by atoms with Gasteiger partial charge >= 0.3 is 12.3 Å². The van der Waals surface area contributed by atoms with E-state index in [1.807, 2.05) is 0 Å². The number of aromatic nitrogens is 3. The third-order valence-corrected chi connectivity index (χ3v) is 4.44. The van der Waals surface area contributed by atoms with Crippen LogP contribution in [0, 0.1) is 0 Å². The molecule has 1 aliphatic rings. The van der Waals surface area contributed by atoms with Crippen LogP contribution in [0.2, 0.25) is 0 Å². The number of carbonyl (C=O) groups is 1. The van der Waals surface area contributed by atoms with Crippen molar-refractivity contribution >= 4 is 5.97 Å². The average Bonchev–Trinajstić information content (AvgIpc) is 3.09. The number of nitrogens with one attached hydrogen (secondary N) is 1. The summed E-state index contributed by atoms with van der Waals surface area (Å²) in [7, 11) is 1.25. The van der Waals surface area contributed by atoms with Crippen LogP contribution in [-0.4, -0.2) is 41.0 Å². The first-order valence-corrected chi connectivity index (χ1v) is 8.37. The van der Waals surface area contributed by atoms with Crippen LogP contribution in [0.5, 0.6) is 11.6 Å². The number of aromatic amines is 1. The molecule has 0 radical (unpaired) electrons. The minimum absolute atomic E-state index is 0.0693. The number of rotatable bonds is 5. The fourth-order valence-electron chi connectivity index (χ4n) is 3.15. The van der Waals surface area contributed by atoms with E-state index in [2.05, 4.69) is 24.9 Å². The van der Waals surface area contributed by atoms with Crippen molar-refractivity contribution in [3.05, 3.63) is 35.5 Å². The maximum Gasteiger partial charge on any atom is 0.573 e. The van der Waals surface area contributed by atoms with Crippen LogP contribution in [0.3, 0.4) is 0 Å². The van der Waals surface area contributed by atoms with E-state index < -0.39 is 12.3 Å². The first kappa shape index (κ1) is 19.0. The molecule has 0 atom stereocenters. The van der Waals surface area contributed by atoms with Gasteiger partial charge in [0.05, 0.1) is 7.11 Å². The Kier molecular flexibility index (Phi) is 5.52. The number of carbonyl (C=O) groups excluding carboxylic acids is 1. The number of alkyl halides is 3. The highest BCUT2D eigenvalue weighted by Crippen LogP contribution is 2.35. The Morgan fingerprint density at radius 1 is 1.15 bits per heavy atom. The summed E-state index contributed by atoms with van der Waals surface area (Å²) in [5.74, 6) is -0.504. The van der Waals surface area contributed by atoms with Gasteiger partial charge in [0.2, 0.25) is 5.69 Å². The van der Waals surface area contributed by atoms with Crippen LogP contribution in [0.4, 0.5) is 13.2 Å². The largest absolute Gasteiger partial charge is 0.573 e. The van der Waals surface area contributed by atoms with Gasteiger partial charge in [-0.2, -0.15) is 0 Å². The number of nitrogens with zero attached hydrogens (tertiary/aromatic N) is 2. The Labute approximate surface area is 152 Å². The quantitative estimate of drug-likeness (QED) is 0.792. The normalized spacial score (nSPS) is 20.1. The second-order valence-electron chi connectivity index (χ2n) is 6.19. The molecule has 27 heavy (non-hydrogen) atoms. The van der Waals surface area contributed by atoms with E-state index in [-0.39, 0.29) is 29.3 Å². The van der Waals surface area contributed by atoms with Gasteiger partial charge in [0.15, 0.2) is 0 Å². The lowest BCUT2D eigenvalue weighted by molar-refractivity contribution is -0.274. The van der Waals surface area contributed by atoms with Crippen LogP contribution >= 0.6 is 0 Å². The molecule has 1 aliphatic carbocycles. The molecule has 1 saturated carbocycles. The summed E-state index contributed by atoms with van der Waals surface area (Å²) in [5.41, 5.74) is 1.03. The summed E-state index contributed by atoms with van der Waals surface area (Å²) in [6, 6.07) is 5.95. The predicted molar refractivity (Wildman–Crippen MR) is 86.5 cm³/mol. The highest BCUT2D eigenvalue weighted by atomic mass is 19.4. The van der Waals surface area contributed by atoms with E-state index in [0.29, 0.717) is 0 Å². The lowest BCUT2D eigenvalue weighted by Crippen LogP contribution is -2.24. The zero-order chi connectivity index (χ0) is 19.4. The van der Waals surface area contributed by atoms with E-state index >= 15 is 0 Å². The van der Waals surface area contributed by atoms with Gasteiger partial charge in [-0.15, -0.1) is 13.2 Å². The molecule has 1 aromatic heterocycles. The van der Waals surface area contributed by atoms with Crippen LogP contribution < -0.4 is 9.47 Å². The van der Waals surface area contributed by atoms with Gasteiger partial charge in [0.25, 0.3) is 5.88 Å². The summed E-state index contributed by atoms with van der Waals surface area (Å²) < 4.78 is 50.9. The fourth-order valence-corrected chi connectivity index (χ4v) is 3.15. The number of ether oxygens (including phenoxy) is 3. The highest BCUT2D eigenvalue weighted by molar-refractivity contribution is 5.89. The summed E-state index contributed by atoms with van der Waals surface area (Å²) in [4.78, 5) is 11.6. The average molecular weight is 385 g/mol. The van der Waals surface area contributed by atoms with E-state index in [1.165, 1.54) is 19.2 Å². The Bertz CT molecular complexity index is 768. The van der Waals surface area contributed by atoms with Gasteiger partial charge in [-0.05, 0) is 49.3 Å². The number of benzene rings is 1. The maximum absolute atomic E-state index is 12.2. The number of hydrogen-bond acceptors (Lipinski definition) is 6. The van der Waals surface area contributed by atoms with Crippen LogP contribution in [-0.2, 0) is 4.74 Å². The van der Waals surface area contributed by atoms with Crippen molar-refractivity contribution in [2.75, 3.05) is 7.11 Å². The smallest absolute Gasteiger partial charge is 0.472 e. The summed E-state index contributed by atoms with van der Waals surface area (Å²) in [5, 5.41) is 9.77. The zero-order valence-electron chi connectivity index (χ0n) is 14.5. The molecule has 7 nitrogen and oxygen atoms in total. The van der Waals surface area contributed by atoms with Crippen molar-refractivity contribution in [3.63, 3.8) is 0 Å². The fraction of sp³-hybridized carbons (Fsp3) is 0.471. The molecule has 0 spiro atoms. The number of H-pyrrole nitrogens is 1. The standard InChI is InChI=1S/C17H18F3N3O4/c1-25-16(24)14-15(22-23-21-14)26-12-6-2-10(3-7-12)11-4-8-13(9-5-11)27-17(18,19)20/h4-5,8-10,12H,2-3,6-7H2,1H3,(H,21,22,23). The van der Waals surface area contributed by atoms with Crippen LogP contribution in [0.25, 0.3) is 0 Å². The molecule has 0 amide bonds. The van der Waals surface area contributed by atoms with E-state index in [9.17, 15) is 18.0 Å². The van der Waals surface area contributed by atoms with E-state index in [0.717, 1.165) is 31.2 Å². The molecule has 1 aromatic carbocycles. The molecule has 0 unspecified atom stereocenters. The minimum atomic E-state index is -4.69. The van der Waals surface area contributed by atoms with Crippen molar-refractivity contribution in [1.29, 1.82) is 0 Å². The van der Waals surface area contributed by atoms with Gasteiger partial charge < -0.3 is 14.2 Å². The number of methoxy groups -OCH3 is 1. The van der Waals surface area contributed by atoms with Gasteiger partial charge in [-0.1, -0.05) is 22.4 Å². The molecular weight excluding hydrogens is 367 g/mol. The maximum atomic E-state index is 12.2. The van der Waals surface area contributed by atoms with Gasteiger partial charge in [-0.3, -0.25) is 0 Å². The SMILES string of the molecule is COC(=O)c1[nH]nnc1OC1CCC(c2ccc(OC(F)(F)F)cc2)CC1. The molecule has 0 bridgehead atoms. The molecule has 2 aromatic rings. The number of halogens is 3. The lowest BCUT2D eigenvalue weighted by atomic mass is 9.83. The minimum Gasteiger partial charge on any atom is -0.472 e. The topological polar surface area (TPSA) is 86.3 Å². The zero-order valence-corrected chi connectivity index (χ0v) is 14.5. The summed E-state index contributed by atoms with van der Waals surface area (Å²) >= 11 is 0. The third-order valence-electron chi connectivity index (χ3n) is 4.44. The molecule has 1 N–H and O–H groups in total. The van der Waals surface area contributed by atoms with Gasteiger partial charge in [0.1, 0.15) is 11.9 Å². The van der Waals surface area contributed by atoms with E-state index in [4.69, 9.17) is 4.74 Å².